The third-order valence-electron chi connectivity index (χ3n) is 4.15. The minimum absolute atomic E-state index is 0.823. The van der Waals surface area contributed by atoms with Crippen molar-refractivity contribution >= 4 is 23.5 Å². The first kappa shape index (κ1) is 12.0. The molecular formula is C16H19NS. The monoisotopic (exact) mass is 257 g/mol. The molecule has 0 radical (unpaired) electrons. The van der Waals surface area contributed by atoms with Crippen molar-refractivity contribution in [3.63, 3.8) is 0 Å². The molecule has 2 heteroatoms. The molecule has 1 aliphatic rings. The number of hydrogen-bond donors (Lipinski definition) is 1. The molecule has 0 spiro atoms. The molecule has 2 aromatic rings. The molecule has 0 saturated heterocycles. The van der Waals surface area contributed by atoms with Crippen molar-refractivity contribution in [1.29, 1.82) is 0 Å². The fourth-order valence-electron chi connectivity index (χ4n) is 2.96. The Kier molecular flexibility index (Phi) is 3.06. The van der Waals surface area contributed by atoms with Crippen molar-refractivity contribution in [2.24, 2.45) is 0 Å². The van der Waals surface area contributed by atoms with E-state index in [2.05, 4.69) is 38.6 Å². The van der Waals surface area contributed by atoms with E-state index in [0.29, 0.717) is 0 Å². The number of benzene rings is 1. The number of fused-ring (bicyclic) bond motifs is 2. The quantitative estimate of drug-likeness (QED) is 0.757. The van der Waals surface area contributed by atoms with Gasteiger partial charge in [0.2, 0.25) is 0 Å². The van der Waals surface area contributed by atoms with Gasteiger partial charge in [0.1, 0.15) is 0 Å². The normalized spacial score (nSPS) is 14.8. The minimum atomic E-state index is 0.823. The Balaban J connectivity index is 2.36. The van der Waals surface area contributed by atoms with Gasteiger partial charge >= 0.3 is 0 Å². The van der Waals surface area contributed by atoms with Gasteiger partial charge in [0.05, 0.1) is 5.52 Å². The predicted molar refractivity (Wildman–Crippen MR) is 80.5 cm³/mol. The summed E-state index contributed by atoms with van der Waals surface area (Å²) in [4.78, 5) is 4.89. The molecule has 0 fully saturated rings. The summed E-state index contributed by atoms with van der Waals surface area (Å²) < 4.78 is 0. The van der Waals surface area contributed by atoms with Gasteiger partial charge in [-0.15, -0.1) is 0 Å². The Morgan fingerprint density at radius 2 is 1.83 bits per heavy atom. The molecule has 0 amide bonds. The first-order chi connectivity index (χ1) is 8.70. The predicted octanol–water partition coefficient (Wildman–Crippen LogP) is 4.16. The molecule has 0 N–H and O–H groups in total. The summed E-state index contributed by atoms with van der Waals surface area (Å²) in [6.45, 7) is 4.34. The third-order valence-corrected chi connectivity index (χ3v) is 4.47. The Morgan fingerprint density at radius 3 is 2.61 bits per heavy atom. The molecule has 0 unspecified atom stereocenters. The molecule has 0 saturated carbocycles. The van der Waals surface area contributed by atoms with Crippen molar-refractivity contribution in [3.8, 4) is 0 Å². The third kappa shape index (κ3) is 1.83. The zero-order chi connectivity index (χ0) is 12.7. The van der Waals surface area contributed by atoms with Crippen molar-refractivity contribution < 1.29 is 0 Å². The van der Waals surface area contributed by atoms with Crippen LogP contribution in [0.4, 0.5) is 0 Å². The van der Waals surface area contributed by atoms with Crippen LogP contribution in [-0.4, -0.2) is 4.98 Å². The lowest BCUT2D eigenvalue weighted by Gasteiger charge is -2.20. The molecule has 1 aromatic heterocycles. The summed E-state index contributed by atoms with van der Waals surface area (Å²) in [6.07, 6.45) is 4.90. The maximum absolute atomic E-state index is 4.89. The van der Waals surface area contributed by atoms with E-state index in [1.807, 2.05) is 0 Å². The molecule has 18 heavy (non-hydrogen) atoms. The van der Waals surface area contributed by atoms with E-state index in [9.17, 15) is 0 Å². The molecule has 0 atom stereocenters. The van der Waals surface area contributed by atoms with Crippen LogP contribution in [-0.2, 0) is 18.6 Å². The van der Waals surface area contributed by atoms with Crippen LogP contribution in [0.5, 0.6) is 0 Å². The Bertz CT molecular complexity index is 616. The van der Waals surface area contributed by atoms with Crippen LogP contribution in [0.15, 0.2) is 12.1 Å². The van der Waals surface area contributed by atoms with Gasteiger partial charge in [-0.05, 0) is 73.9 Å². The van der Waals surface area contributed by atoms with Gasteiger partial charge in [-0.25, -0.2) is 0 Å². The summed E-state index contributed by atoms with van der Waals surface area (Å²) in [5.41, 5.74) is 8.05. The van der Waals surface area contributed by atoms with E-state index in [1.54, 1.807) is 0 Å². The number of aromatic nitrogens is 1. The number of aryl methyl sites for hydroxylation is 3. The standard InChI is InChI=1S/C16H19NS/c1-10-7-13-14(9-18)12-5-3-4-6-15(12)17-16(13)8-11(10)2/h7-8,18H,3-6,9H2,1-2H3. The molecule has 94 valence electrons. The van der Waals surface area contributed by atoms with Gasteiger partial charge in [0.15, 0.2) is 0 Å². The van der Waals surface area contributed by atoms with Crippen molar-refractivity contribution in [3.05, 3.63) is 40.1 Å². The molecule has 1 aliphatic carbocycles. The average molecular weight is 257 g/mol. The number of pyridine rings is 1. The van der Waals surface area contributed by atoms with Crippen molar-refractivity contribution in [1.82, 2.24) is 4.98 Å². The molecular weight excluding hydrogens is 238 g/mol. The Morgan fingerprint density at radius 1 is 1.11 bits per heavy atom. The highest BCUT2D eigenvalue weighted by Crippen LogP contribution is 2.31. The fraction of sp³-hybridized carbons (Fsp3) is 0.438. The van der Waals surface area contributed by atoms with E-state index in [0.717, 1.165) is 17.7 Å². The summed E-state index contributed by atoms with van der Waals surface area (Å²) in [6, 6.07) is 4.52. The lowest BCUT2D eigenvalue weighted by Crippen LogP contribution is -2.09. The SMILES string of the molecule is Cc1cc2nc3c(c(CS)c2cc1C)CCCC3. The van der Waals surface area contributed by atoms with E-state index >= 15 is 0 Å². The first-order valence-corrected chi connectivity index (χ1v) is 7.36. The molecule has 1 nitrogen and oxygen atoms in total. The largest absolute Gasteiger partial charge is 0.253 e. The number of nitrogens with zero attached hydrogens (tertiary/aromatic N) is 1. The summed E-state index contributed by atoms with van der Waals surface area (Å²) in [5.74, 6) is 0.823. The van der Waals surface area contributed by atoms with E-state index in [-0.39, 0.29) is 0 Å². The number of hydrogen-bond acceptors (Lipinski definition) is 2. The number of rotatable bonds is 1. The molecule has 0 bridgehead atoms. The van der Waals surface area contributed by atoms with Crippen LogP contribution in [0.2, 0.25) is 0 Å². The van der Waals surface area contributed by atoms with Crippen molar-refractivity contribution in [2.75, 3.05) is 0 Å². The summed E-state index contributed by atoms with van der Waals surface area (Å²) in [7, 11) is 0. The second kappa shape index (κ2) is 4.58. The summed E-state index contributed by atoms with van der Waals surface area (Å²) >= 11 is 4.55. The minimum Gasteiger partial charge on any atom is -0.253 e. The second-order valence-electron chi connectivity index (χ2n) is 5.33. The highest BCUT2D eigenvalue weighted by Gasteiger charge is 2.17. The highest BCUT2D eigenvalue weighted by molar-refractivity contribution is 7.79. The lowest BCUT2D eigenvalue weighted by molar-refractivity contribution is 0.667. The van der Waals surface area contributed by atoms with E-state index < -0.39 is 0 Å². The van der Waals surface area contributed by atoms with E-state index in [1.165, 1.54) is 52.6 Å². The van der Waals surface area contributed by atoms with Crippen molar-refractivity contribution in [2.45, 2.75) is 45.3 Å². The lowest BCUT2D eigenvalue weighted by atomic mass is 9.89. The first-order valence-electron chi connectivity index (χ1n) is 6.73. The Labute approximate surface area is 114 Å². The molecule has 1 heterocycles. The van der Waals surface area contributed by atoms with Crippen LogP contribution < -0.4 is 0 Å². The van der Waals surface area contributed by atoms with Crippen LogP contribution in [0.1, 0.15) is 40.8 Å². The van der Waals surface area contributed by atoms with Crippen LogP contribution >= 0.6 is 12.6 Å². The highest BCUT2D eigenvalue weighted by atomic mass is 32.1. The fourth-order valence-corrected chi connectivity index (χ4v) is 3.32. The van der Waals surface area contributed by atoms with Gasteiger partial charge in [-0.1, -0.05) is 0 Å². The Hall–Kier alpha value is -1.02. The topological polar surface area (TPSA) is 12.9 Å². The molecule has 0 aliphatic heterocycles. The van der Waals surface area contributed by atoms with Gasteiger partial charge in [0, 0.05) is 16.8 Å². The van der Waals surface area contributed by atoms with Gasteiger partial charge in [0.25, 0.3) is 0 Å². The average Bonchev–Trinajstić information content (AvgIpc) is 2.38. The zero-order valence-electron chi connectivity index (χ0n) is 11.1. The molecule has 3 rings (SSSR count). The maximum Gasteiger partial charge on any atom is 0.0711 e. The van der Waals surface area contributed by atoms with Gasteiger partial charge in [-0.3, -0.25) is 4.98 Å². The van der Waals surface area contributed by atoms with Gasteiger partial charge < -0.3 is 0 Å². The van der Waals surface area contributed by atoms with Crippen LogP contribution in [0, 0.1) is 13.8 Å². The second-order valence-corrected chi connectivity index (χ2v) is 5.65. The van der Waals surface area contributed by atoms with Crippen LogP contribution in [0.25, 0.3) is 10.9 Å². The summed E-state index contributed by atoms with van der Waals surface area (Å²) in [5, 5.41) is 1.31. The number of thiol groups is 1. The molecule has 1 aromatic carbocycles. The zero-order valence-corrected chi connectivity index (χ0v) is 12.0. The maximum atomic E-state index is 4.89. The smallest absolute Gasteiger partial charge is 0.0711 e. The van der Waals surface area contributed by atoms with E-state index in [4.69, 9.17) is 4.98 Å². The van der Waals surface area contributed by atoms with Crippen LogP contribution in [0.3, 0.4) is 0 Å². The van der Waals surface area contributed by atoms with Gasteiger partial charge in [-0.2, -0.15) is 12.6 Å².